The first kappa shape index (κ1) is 54.8. The fourth-order valence-corrected chi connectivity index (χ4v) is 14.6. The number of benzene rings is 6. The molecule has 0 N–H and O–H groups in total. The van der Waals surface area contributed by atoms with Gasteiger partial charge in [-0.15, -0.1) is 0 Å². The van der Waals surface area contributed by atoms with Crippen LogP contribution in [0.3, 0.4) is 0 Å². The molecule has 4 aliphatic rings. The highest BCUT2D eigenvalue weighted by atomic mass is 14.4. The lowest BCUT2D eigenvalue weighted by atomic mass is 9.72. The Kier molecular flexibility index (Phi) is 14.5. The fraction of sp³-hybridized carbons (Fsp3) is 0.472. The highest BCUT2D eigenvalue weighted by molar-refractivity contribution is 6.19. The van der Waals surface area contributed by atoms with Crippen LogP contribution in [0.2, 0.25) is 0 Å². The second-order valence-corrected chi connectivity index (χ2v) is 24.0. The summed E-state index contributed by atoms with van der Waals surface area (Å²) in [6.07, 6.45) is 0. The van der Waals surface area contributed by atoms with Crippen LogP contribution in [0, 0.1) is 131 Å². The van der Waals surface area contributed by atoms with Gasteiger partial charge in [0.15, 0.2) is 0 Å². The molecule has 72 heavy (non-hydrogen) atoms. The predicted octanol–water partition coefficient (Wildman–Crippen LogP) is 21.7. The SMILES string of the molecule is CC1=C(C)C(C)C(C)=C1C.CC1=C(C)C(C)c2c(C)c(C)c(C)c(C)c21.CC1=C(C)C(C)c2c(C)c(C)c(C)c3c(C)c(C)c(C)c1c23.Cc1c(C)c2c3c(c1C)c(C)c(C)c1c(C)c(C)c(C)c(c13)C2C. The minimum Gasteiger partial charge on any atom is -0.0632 e. The molecule has 6 aromatic rings. The van der Waals surface area contributed by atoms with E-state index < -0.39 is 0 Å². The molecule has 0 radical (unpaired) electrons. The van der Waals surface area contributed by atoms with Crippen LogP contribution >= 0.6 is 0 Å². The van der Waals surface area contributed by atoms with Crippen molar-refractivity contribution in [1.29, 1.82) is 0 Å². The van der Waals surface area contributed by atoms with Gasteiger partial charge < -0.3 is 0 Å². The Bertz CT molecular complexity index is 3410. The first-order valence-corrected chi connectivity index (χ1v) is 27.6. The van der Waals surface area contributed by atoms with Gasteiger partial charge in [0, 0.05) is 17.8 Å². The summed E-state index contributed by atoms with van der Waals surface area (Å²) in [5.41, 5.74) is 48.2. The number of hydrogen-bond acceptors (Lipinski definition) is 0. The lowest BCUT2D eigenvalue weighted by Gasteiger charge is -2.32. The molecule has 0 amide bonds. The van der Waals surface area contributed by atoms with Crippen LogP contribution in [-0.4, -0.2) is 0 Å². The molecule has 0 aliphatic heterocycles. The van der Waals surface area contributed by atoms with Gasteiger partial charge in [-0.1, -0.05) is 50.0 Å². The van der Waals surface area contributed by atoms with Crippen LogP contribution in [0.5, 0.6) is 0 Å². The first-order chi connectivity index (χ1) is 33.3. The summed E-state index contributed by atoms with van der Waals surface area (Å²) < 4.78 is 0. The van der Waals surface area contributed by atoms with E-state index in [0.717, 1.165) is 0 Å². The van der Waals surface area contributed by atoms with Crippen LogP contribution in [0.4, 0.5) is 0 Å². The van der Waals surface area contributed by atoms with Crippen molar-refractivity contribution in [2.75, 3.05) is 0 Å². The summed E-state index contributed by atoms with van der Waals surface area (Å²) >= 11 is 0. The second-order valence-electron chi connectivity index (χ2n) is 24.0. The van der Waals surface area contributed by atoms with Crippen LogP contribution in [0.1, 0.15) is 234 Å². The topological polar surface area (TPSA) is 0 Å². The van der Waals surface area contributed by atoms with E-state index in [1.165, 1.54) is 161 Å². The Morgan fingerprint density at radius 3 is 0.764 bits per heavy atom. The van der Waals surface area contributed by atoms with Crippen LogP contribution in [0.25, 0.3) is 43.5 Å². The zero-order chi connectivity index (χ0) is 54.2. The normalized spacial score (nSPS) is 17.2. The Morgan fingerprint density at radius 1 is 0.167 bits per heavy atom. The van der Waals surface area contributed by atoms with E-state index in [1.54, 1.807) is 49.7 Å². The van der Waals surface area contributed by atoms with Crippen molar-refractivity contribution in [1.82, 2.24) is 0 Å². The van der Waals surface area contributed by atoms with E-state index in [0.29, 0.717) is 23.7 Å². The van der Waals surface area contributed by atoms with E-state index in [1.807, 2.05) is 0 Å². The van der Waals surface area contributed by atoms with Gasteiger partial charge in [-0.3, -0.25) is 0 Å². The van der Waals surface area contributed by atoms with Crippen molar-refractivity contribution < 1.29 is 0 Å². The lowest BCUT2D eigenvalue weighted by molar-refractivity contribution is 0.815. The predicted molar refractivity (Wildman–Crippen MR) is 324 cm³/mol. The molecule has 2 unspecified atom stereocenters. The molecule has 10 rings (SSSR count). The molecule has 2 atom stereocenters. The third kappa shape index (κ3) is 7.63. The van der Waals surface area contributed by atoms with Crippen LogP contribution in [-0.2, 0) is 0 Å². The van der Waals surface area contributed by atoms with Crippen LogP contribution in [0.15, 0.2) is 33.4 Å². The summed E-state index contributed by atoms with van der Waals surface area (Å²) in [4.78, 5) is 0. The Hall–Kier alpha value is -4.94. The van der Waals surface area contributed by atoms with E-state index in [9.17, 15) is 0 Å². The third-order valence-corrected chi connectivity index (χ3v) is 21.7. The highest BCUT2D eigenvalue weighted by Gasteiger charge is 2.34. The van der Waals surface area contributed by atoms with Crippen molar-refractivity contribution in [3.63, 3.8) is 0 Å². The van der Waals surface area contributed by atoms with Crippen molar-refractivity contribution >= 4 is 43.5 Å². The zero-order valence-electron chi connectivity index (χ0n) is 51.3. The highest BCUT2D eigenvalue weighted by Crippen LogP contribution is 2.54. The molecule has 0 bridgehead atoms. The summed E-state index contributed by atoms with van der Waals surface area (Å²) in [5, 5.41) is 9.20. The number of hydrogen-bond donors (Lipinski definition) is 0. The average molecular weight is 960 g/mol. The van der Waals surface area contributed by atoms with Gasteiger partial charge in [-0.05, 0) is 374 Å². The molecule has 0 aromatic heterocycles. The van der Waals surface area contributed by atoms with E-state index in [-0.39, 0.29) is 0 Å². The fourth-order valence-electron chi connectivity index (χ4n) is 14.6. The van der Waals surface area contributed by atoms with Gasteiger partial charge >= 0.3 is 0 Å². The largest absolute Gasteiger partial charge is 0.0632 e. The Morgan fingerprint density at radius 2 is 0.403 bits per heavy atom. The lowest BCUT2D eigenvalue weighted by Crippen LogP contribution is -2.13. The van der Waals surface area contributed by atoms with Crippen molar-refractivity contribution in [2.24, 2.45) is 5.92 Å². The maximum Gasteiger partial charge on any atom is 0.00792 e. The summed E-state index contributed by atoms with van der Waals surface area (Å²) in [5.74, 6) is 2.33. The molecular weight excluding hydrogens is 865 g/mol. The van der Waals surface area contributed by atoms with Gasteiger partial charge in [0.2, 0.25) is 0 Å². The number of fused-ring (bicyclic) bond motifs is 1. The van der Waals surface area contributed by atoms with E-state index in [4.69, 9.17) is 0 Å². The molecule has 0 fully saturated rings. The number of allylic oxidation sites excluding steroid dienone is 8. The van der Waals surface area contributed by atoms with Crippen molar-refractivity contribution in [3.8, 4) is 0 Å². The molecule has 0 heteroatoms. The minimum atomic E-state index is 0.504. The molecule has 0 nitrogen and oxygen atoms in total. The Labute approximate surface area is 439 Å². The maximum absolute atomic E-state index is 2.41. The first-order valence-electron chi connectivity index (χ1n) is 27.6. The smallest absolute Gasteiger partial charge is 0.00792 e. The molecule has 6 aromatic carbocycles. The molecule has 4 aliphatic carbocycles. The van der Waals surface area contributed by atoms with Gasteiger partial charge in [0.25, 0.3) is 0 Å². The van der Waals surface area contributed by atoms with Crippen LogP contribution < -0.4 is 0 Å². The Balaban J connectivity index is 0.000000147. The van der Waals surface area contributed by atoms with Gasteiger partial charge in [-0.25, -0.2) is 0 Å². The zero-order valence-corrected chi connectivity index (χ0v) is 51.3. The summed E-state index contributed by atoms with van der Waals surface area (Å²) in [6.45, 7) is 68.9. The quantitative estimate of drug-likeness (QED) is 0.133. The number of aryl methyl sites for hydroxylation is 6. The molecule has 0 saturated heterocycles. The molecule has 382 valence electrons. The van der Waals surface area contributed by atoms with Gasteiger partial charge in [-0.2, -0.15) is 0 Å². The summed E-state index contributed by atoms with van der Waals surface area (Å²) in [6, 6.07) is 0. The third-order valence-electron chi connectivity index (χ3n) is 21.7. The van der Waals surface area contributed by atoms with Crippen molar-refractivity contribution in [3.05, 3.63) is 167 Å². The van der Waals surface area contributed by atoms with Gasteiger partial charge in [0.05, 0.1) is 0 Å². The minimum absolute atomic E-state index is 0.504. The molecule has 0 spiro atoms. The summed E-state index contributed by atoms with van der Waals surface area (Å²) in [7, 11) is 0. The molecule has 0 saturated carbocycles. The van der Waals surface area contributed by atoms with E-state index >= 15 is 0 Å². The standard InChI is InChI=1S/C24H28.C22H28.C16H22.C10H16/c1-10-12(3)19-16(7)17(8)20-13(4)11(2)15(6)22-18(9)21(14(10)5)23(19)24(20)22;1-10-13(4)19-15(6)11(2)17(8)21-18(9)12(3)16(7)20(14(10)5)22(19)21;1-8-9(2)12(5)16-14(7)10(3)13(6)15(16)11(8)4;1-6-7(2)9(4)10(5)8(6)3/h18H,1-9H3;13H,1-9H3;13H,1-7H3;6H,1-5H3. The van der Waals surface area contributed by atoms with E-state index in [2.05, 4.69) is 208 Å². The molecule has 0 heterocycles. The van der Waals surface area contributed by atoms with Crippen molar-refractivity contribution in [2.45, 2.75) is 225 Å². The second kappa shape index (κ2) is 19.1. The maximum atomic E-state index is 2.41. The average Bonchev–Trinajstić information content (AvgIpc) is 3.83. The molecular formula is C72H94. The monoisotopic (exact) mass is 959 g/mol. The number of rotatable bonds is 0. The van der Waals surface area contributed by atoms with Gasteiger partial charge in [0.1, 0.15) is 0 Å².